The van der Waals surface area contributed by atoms with Gasteiger partial charge < -0.3 is 41.0 Å². The number of alkyl carbamates (subject to hydrolysis) is 1. The van der Waals surface area contributed by atoms with Crippen LogP contribution in [0.1, 0.15) is 64.0 Å². The minimum Gasteiger partial charge on any atom is -0.449 e. The van der Waals surface area contributed by atoms with Crippen LogP contribution in [0.5, 0.6) is 0 Å². The molecule has 0 saturated carbocycles. The van der Waals surface area contributed by atoms with Gasteiger partial charge in [0.05, 0.1) is 19.8 Å². The van der Waals surface area contributed by atoms with Gasteiger partial charge in [-0.05, 0) is 73.2 Å². The lowest BCUT2D eigenvalue weighted by molar-refractivity contribution is -0.116. The monoisotopic (exact) mass is 556 g/mol. The maximum absolute atomic E-state index is 12.8. The second-order valence-corrected chi connectivity index (χ2v) is 10.6. The first-order chi connectivity index (χ1) is 19.1. The fourth-order valence-corrected chi connectivity index (χ4v) is 4.65. The van der Waals surface area contributed by atoms with Crippen molar-refractivity contribution in [1.82, 2.24) is 5.32 Å². The van der Waals surface area contributed by atoms with E-state index >= 15 is 0 Å². The van der Waals surface area contributed by atoms with Crippen LogP contribution in [-0.4, -0.2) is 68.5 Å². The number of hydrogen-bond donors (Lipinski definition) is 5. The number of benzene rings is 2. The van der Waals surface area contributed by atoms with E-state index in [1.54, 1.807) is 14.0 Å². The van der Waals surface area contributed by atoms with Crippen LogP contribution in [0.2, 0.25) is 0 Å². The second kappa shape index (κ2) is 14.5. The molecule has 2 amide bonds. The number of anilines is 2. The number of nitrogens with one attached hydrogen (secondary N) is 3. The number of carbonyl (C=O) groups is 2. The molecule has 0 heterocycles. The first kappa shape index (κ1) is 31.3. The molecule has 0 fully saturated rings. The van der Waals surface area contributed by atoms with Crippen molar-refractivity contribution in [2.45, 2.75) is 70.7 Å². The smallest absolute Gasteiger partial charge is 0.407 e. The Morgan fingerprint density at radius 2 is 1.68 bits per heavy atom. The van der Waals surface area contributed by atoms with Gasteiger partial charge in [-0.2, -0.15) is 0 Å². The third-order valence-electron chi connectivity index (χ3n) is 7.32. The lowest BCUT2D eigenvalue weighted by atomic mass is 9.96. The lowest BCUT2D eigenvalue weighted by Crippen LogP contribution is -2.45. The molecule has 0 radical (unpaired) electrons. The highest BCUT2D eigenvalue weighted by Crippen LogP contribution is 2.47. The standard InChI is InChI=1S/C30H44N4O6/c1-6-30(4,7-2)34-29(37)40-17-26-24-15-20(32-27(35)14-19(3)31)8-10-22(24)23-11-9-21(16-25(23)26)33-28(36)18-39-13-12-38-5/h8-11,15-16,19,26,28,33,36H,6-7,12-14,17-18,31H2,1-5H3,(H,32,35)(H,34,37). The quantitative estimate of drug-likeness (QED) is 0.162. The van der Waals surface area contributed by atoms with Gasteiger partial charge >= 0.3 is 6.09 Å². The highest BCUT2D eigenvalue weighted by Gasteiger charge is 2.31. The number of aliphatic hydroxyl groups excluding tert-OH is 1. The Balaban J connectivity index is 1.84. The number of aliphatic hydroxyl groups is 1. The number of hydrogen-bond acceptors (Lipinski definition) is 8. The van der Waals surface area contributed by atoms with E-state index in [1.165, 1.54) is 0 Å². The average Bonchev–Trinajstić information content (AvgIpc) is 3.21. The average molecular weight is 557 g/mol. The van der Waals surface area contributed by atoms with E-state index in [1.807, 2.05) is 57.2 Å². The van der Waals surface area contributed by atoms with Crippen LogP contribution in [0, 0.1) is 0 Å². The van der Waals surface area contributed by atoms with E-state index in [-0.39, 0.29) is 43.0 Å². The Morgan fingerprint density at radius 3 is 2.27 bits per heavy atom. The van der Waals surface area contributed by atoms with E-state index in [0.717, 1.165) is 35.1 Å². The van der Waals surface area contributed by atoms with Gasteiger partial charge in [-0.15, -0.1) is 0 Å². The molecule has 220 valence electrons. The third kappa shape index (κ3) is 8.41. The van der Waals surface area contributed by atoms with E-state index in [2.05, 4.69) is 16.0 Å². The summed E-state index contributed by atoms with van der Waals surface area (Å²) >= 11 is 0. The van der Waals surface area contributed by atoms with Gasteiger partial charge in [-0.25, -0.2) is 4.79 Å². The molecule has 3 atom stereocenters. The molecule has 3 rings (SSSR count). The molecular formula is C30H44N4O6. The first-order valence-electron chi connectivity index (χ1n) is 13.9. The van der Waals surface area contributed by atoms with Gasteiger partial charge in [0.1, 0.15) is 12.8 Å². The number of nitrogens with two attached hydrogens (primary N) is 1. The van der Waals surface area contributed by atoms with Crippen molar-refractivity contribution in [3.05, 3.63) is 47.5 Å². The molecule has 2 aromatic rings. The summed E-state index contributed by atoms with van der Waals surface area (Å²) < 4.78 is 16.1. The molecule has 10 nitrogen and oxygen atoms in total. The fourth-order valence-electron chi connectivity index (χ4n) is 4.65. The summed E-state index contributed by atoms with van der Waals surface area (Å²) in [6, 6.07) is 11.3. The van der Waals surface area contributed by atoms with Gasteiger partial charge in [0.15, 0.2) is 0 Å². The fraction of sp³-hybridized carbons (Fsp3) is 0.533. The van der Waals surface area contributed by atoms with Gasteiger partial charge in [-0.3, -0.25) is 4.79 Å². The van der Waals surface area contributed by atoms with Crippen molar-refractivity contribution in [3.8, 4) is 11.1 Å². The lowest BCUT2D eigenvalue weighted by Gasteiger charge is -2.28. The number of methoxy groups -OCH3 is 1. The van der Waals surface area contributed by atoms with Crippen molar-refractivity contribution in [3.63, 3.8) is 0 Å². The highest BCUT2D eigenvalue weighted by atomic mass is 16.5. The molecular weight excluding hydrogens is 512 g/mol. The van der Waals surface area contributed by atoms with Crippen molar-refractivity contribution < 1.29 is 28.9 Å². The van der Waals surface area contributed by atoms with E-state index in [4.69, 9.17) is 19.9 Å². The summed E-state index contributed by atoms with van der Waals surface area (Å²) in [5.41, 5.74) is 10.7. The van der Waals surface area contributed by atoms with E-state index in [9.17, 15) is 14.7 Å². The Kier molecular flexibility index (Phi) is 11.3. The molecule has 40 heavy (non-hydrogen) atoms. The van der Waals surface area contributed by atoms with Crippen molar-refractivity contribution in [2.75, 3.05) is 44.2 Å². The first-order valence-corrected chi connectivity index (χ1v) is 13.9. The third-order valence-corrected chi connectivity index (χ3v) is 7.32. The Bertz CT molecular complexity index is 1150. The summed E-state index contributed by atoms with van der Waals surface area (Å²) in [6.07, 6.45) is 0.395. The van der Waals surface area contributed by atoms with E-state index in [0.29, 0.717) is 24.6 Å². The van der Waals surface area contributed by atoms with Crippen LogP contribution in [0.25, 0.3) is 11.1 Å². The van der Waals surface area contributed by atoms with Crippen molar-refractivity contribution >= 4 is 23.4 Å². The van der Waals surface area contributed by atoms with Crippen LogP contribution in [-0.2, 0) is 19.0 Å². The minimum absolute atomic E-state index is 0.103. The molecule has 0 saturated heterocycles. The van der Waals surface area contributed by atoms with E-state index < -0.39 is 12.3 Å². The summed E-state index contributed by atoms with van der Waals surface area (Å²) in [5, 5.41) is 19.4. The summed E-state index contributed by atoms with van der Waals surface area (Å²) in [5.74, 6) is -0.434. The maximum atomic E-state index is 12.8. The molecule has 0 aromatic heterocycles. The minimum atomic E-state index is -0.910. The molecule has 0 aliphatic heterocycles. The van der Waals surface area contributed by atoms with Crippen LogP contribution >= 0.6 is 0 Å². The topological polar surface area (TPSA) is 144 Å². The molecule has 1 aliphatic rings. The van der Waals surface area contributed by atoms with Gasteiger partial charge in [0.2, 0.25) is 5.91 Å². The maximum Gasteiger partial charge on any atom is 0.407 e. The molecule has 0 spiro atoms. The number of carbonyl (C=O) groups excluding carboxylic acids is 2. The summed E-state index contributed by atoms with van der Waals surface area (Å²) in [4.78, 5) is 25.1. The molecule has 6 N–H and O–H groups in total. The van der Waals surface area contributed by atoms with Crippen LogP contribution in [0.3, 0.4) is 0 Å². The highest BCUT2D eigenvalue weighted by molar-refractivity contribution is 5.92. The Morgan fingerprint density at radius 1 is 1.05 bits per heavy atom. The predicted molar refractivity (Wildman–Crippen MR) is 156 cm³/mol. The molecule has 3 unspecified atom stereocenters. The zero-order chi connectivity index (χ0) is 29.3. The zero-order valence-electron chi connectivity index (χ0n) is 24.2. The zero-order valence-corrected chi connectivity index (χ0v) is 24.2. The molecule has 10 heteroatoms. The summed E-state index contributed by atoms with van der Waals surface area (Å²) in [6.45, 7) is 8.88. The number of fused-ring (bicyclic) bond motifs is 3. The second-order valence-electron chi connectivity index (χ2n) is 10.6. The molecule has 1 aliphatic carbocycles. The predicted octanol–water partition coefficient (Wildman–Crippen LogP) is 4.17. The van der Waals surface area contributed by atoms with Crippen LogP contribution < -0.4 is 21.7 Å². The van der Waals surface area contributed by atoms with Crippen molar-refractivity contribution in [1.29, 1.82) is 0 Å². The Labute approximate surface area is 236 Å². The Hall–Kier alpha value is -3.18. The summed E-state index contributed by atoms with van der Waals surface area (Å²) in [7, 11) is 1.59. The van der Waals surface area contributed by atoms with Crippen molar-refractivity contribution in [2.24, 2.45) is 5.73 Å². The molecule has 0 bridgehead atoms. The molecule has 2 aromatic carbocycles. The number of rotatable bonds is 15. The normalized spacial score (nSPS) is 15.5. The van der Waals surface area contributed by atoms with Crippen LogP contribution in [0.15, 0.2) is 36.4 Å². The number of amides is 2. The largest absolute Gasteiger partial charge is 0.449 e. The number of ether oxygens (including phenoxy) is 3. The van der Waals surface area contributed by atoms with Crippen LogP contribution in [0.4, 0.5) is 16.2 Å². The SMILES string of the molecule is CCC(C)(CC)NC(=O)OCC1c2cc(NC(=O)CC(C)N)ccc2-c2ccc(NC(O)COCCOC)cc21. The van der Waals surface area contributed by atoms with Gasteiger partial charge in [0, 0.05) is 42.4 Å². The van der Waals surface area contributed by atoms with Gasteiger partial charge in [-0.1, -0.05) is 26.0 Å². The van der Waals surface area contributed by atoms with Gasteiger partial charge in [0.25, 0.3) is 0 Å².